The quantitative estimate of drug-likeness (QED) is 0.784. The van der Waals surface area contributed by atoms with Gasteiger partial charge in [0.2, 0.25) is 0 Å². The standard InChI is InChI=1S/C16H21BrFNO/c1-3-11-4-7-13(8-5-11)19(2)16(20)14-10-12(17)6-9-15(14)18/h6,9-11,13H,3-5,7-8H2,1-2H3. The van der Waals surface area contributed by atoms with Gasteiger partial charge in [-0.1, -0.05) is 29.3 Å². The highest BCUT2D eigenvalue weighted by molar-refractivity contribution is 9.10. The first-order chi connectivity index (χ1) is 9.52. The van der Waals surface area contributed by atoms with Crippen molar-refractivity contribution in [3.8, 4) is 0 Å². The average Bonchev–Trinajstić information content (AvgIpc) is 2.48. The number of hydrogen-bond acceptors (Lipinski definition) is 1. The van der Waals surface area contributed by atoms with Crippen LogP contribution in [0.15, 0.2) is 22.7 Å². The summed E-state index contributed by atoms with van der Waals surface area (Å²) in [6.45, 7) is 2.22. The van der Waals surface area contributed by atoms with Crippen molar-refractivity contribution in [2.75, 3.05) is 7.05 Å². The molecular weight excluding hydrogens is 321 g/mol. The summed E-state index contributed by atoms with van der Waals surface area (Å²) in [5.74, 6) is 0.119. The zero-order chi connectivity index (χ0) is 14.7. The molecule has 1 aliphatic rings. The fraction of sp³-hybridized carbons (Fsp3) is 0.562. The maximum absolute atomic E-state index is 13.8. The molecule has 0 heterocycles. The molecule has 0 saturated heterocycles. The maximum Gasteiger partial charge on any atom is 0.256 e. The van der Waals surface area contributed by atoms with Crippen molar-refractivity contribution < 1.29 is 9.18 Å². The minimum atomic E-state index is -0.452. The van der Waals surface area contributed by atoms with Crippen molar-refractivity contribution in [1.29, 1.82) is 0 Å². The highest BCUT2D eigenvalue weighted by Gasteiger charge is 2.27. The molecule has 20 heavy (non-hydrogen) atoms. The minimum Gasteiger partial charge on any atom is -0.339 e. The van der Waals surface area contributed by atoms with Crippen LogP contribution in [0.4, 0.5) is 4.39 Å². The van der Waals surface area contributed by atoms with Gasteiger partial charge in [-0.15, -0.1) is 0 Å². The van der Waals surface area contributed by atoms with Crippen molar-refractivity contribution >= 4 is 21.8 Å². The van der Waals surface area contributed by atoms with E-state index in [1.807, 2.05) is 0 Å². The molecule has 4 heteroatoms. The third kappa shape index (κ3) is 3.40. The zero-order valence-corrected chi connectivity index (χ0v) is 13.6. The Morgan fingerprint density at radius 2 is 2.00 bits per heavy atom. The van der Waals surface area contributed by atoms with Crippen molar-refractivity contribution in [3.63, 3.8) is 0 Å². The summed E-state index contributed by atoms with van der Waals surface area (Å²) in [6, 6.07) is 4.74. The van der Waals surface area contributed by atoms with Gasteiger partial charge in [0.25, 0.3) is 5.91 Å². The monoisotopic (exact) mass is 341 g/mol. The van der Waals surface area contributed by atoms with E-state index in [0.29, 0.717) is 0 Å². The lowest BCUT2D eigenvalue weighted by Gasteiger charge is -2.34. The minimum absolute atomic E-state index is 0.152. The van der Waals surface area contributed by atoms with Crippen LogP contribution in [0.25, 0.3) is 0 Å². The van der Waals surface area contributed by atoms with Gasteiger partial charge in [0.15, 0.2) is 0 Å². The molecule has 1 amide bonds. The van der Waals surface area contributed by atoms with Crippen LogP contribution in [-0.4, -0.2) is 23.9 Å². The molecule has 0 bridgehead atoms. The smallest absolute Gasteiger partial charge is 0.256 e. The molecule has 0 aliphatic heterocycles. The molecule has 1 aromatic rings. The Morgan fingerprint density at radius 3 is 2.60 bits per heavy atom. The van der Waals surface area contributed by atoms with Crippen LogP contribution in [0.1, 0.15) is 49.4 Å². The summed E-state index contributed by atoms with van der Waals surface area (Å²) in [4.78, 5) is 14.2. The van der Waals surface area contributed by atoms with Gasteiger partial charge in [-0.25, -0.2) is 4.39 Å². The first kappa shape index (κ1) is 15.5. The lowest BCUT2D eigenvalue weighted by Crippen LogP contribution is -2.39. The first-order valence-electron chi connectivity index (χ1n) is 7.25. The number of carbonyl (C=O) groups excluding carboxylic acids is 1. The predicted octanol–water partition coefficient (Wildman–Crippen LogP) is 4.63. The van der Waals surface area contributed by atoms with Gasteiger partial charge in [-0.05, 0) is 49.8 Å². The molecular formula is C16H21BrFNO. The second kappa shape index (κ2) is 6.70. The lowest BCUT2D eigenvalue weighted by molar-refractivity contribution is 0.0670. The number of carbonyl (C=O) groups is 1. The van der Waals surface area contributed by atoms with Gasteiger partial charge < -0.3 is 4.90 Å². The van der Waals surface area contributed by atoms with Gasteiger partial charge in [0.05, 0.1) is 5.56 Å². The summed E-state index contributed by atoms with van der Waals surface area (Å²) < 4.78 is 14.5. The molecule has 0 spiro atoms. The molecule has 1 saturated carbocycles. The molecule has 0 N–H and O–H groups in total. The molecule has 110 valence electrons. The van der Waals surface area contributed by atoms with Crippen LogP contribution >= 0.6 is 15.9 Å². The first-order valence-corrected chi connectivity index (χ1v) is 8.04. The van der Waals surface area contributed by atoms with E-state index in [9.17, 15) is 9.18 Å². The lowest BCUT2D eigenvalue weighted by atomic mass is 9.84. The number of hydrogen-bond donors (Lipinski definition) is 0. The van der Waals surface area contributed by atoms with Crippen LogP contribution in [0, 0.1) is 11.7 Å². The Balaban J connectivity index is 2.07. The van der Waals surface area contributed by atoms with Gasteiger partial charge in [-0.2, -0.15) is 0 Å². The van der Waals surface area contributed by atoms with E-state index >= 15 is 0 Å². The third-order valence-corrected chi connectivity index (χ3v) is 4.91. The summed E-state index contributed by atoms with van der Waals surface area (Å²) in [7, 11) is 1.79. The van der Waals surface area contributed by atoms with Crippen molar-refractivity contribution in [3.05, 3.63) is 34.1 Å². The van der Waals surface area contributed by atoms with E-state index in [0.717, 1.165) is 23.2 Å². The van der Waals surface area contributed by atoms with Crippen molar-refractivity contribution in [2.24, 2.45) is 5.92 Å². The van der Waals surface area contributed by atoms with E-state index in [4.69, 9.17) is 0 Å². The van der Waals surface area contributed by atoms with Crippen LogP contribution in [-0.2, 0) is 0 Å². The third-order valence-electron chi connectivity index (χ3n) is 4.42. The number of benzene rings is 1. The second-order valence-corrected chi connectivity index (χ2v) is 6.54. The summed E-state index contributed by atoms with van der Waals surface area (Å²) in [5.41, 5.74) is 0.152. The second-order valence-electron chi connectivity index (χ2n) is 5.62. The maximum atomic E-state index is 13.8. The summed E-state index contributed by atoms with van der Waals surface area (Å²) >= 11 is 3.29. The topological polar surface area (TPSA) is 20.3 Å². The Morgan fingerprint density at radius 1 is 1.35 bits per heavy atom. The van der Waals surface area contributed by atoms with E-state index < -0.39 is 5.82 Å². The zero-order valence-electron chi connectivity index (χ0n) is 12.0. The molecule has 2 nitrogen and oxygen atoms in total. The van der Waals surface area contributed by atoms with Crippen LogP contribution in [0.3, 0.4) is 0 Å². The van der Waals surface area contributed by atoms with E-state index in [1.165, 1.54) is 25.3 Å². The normalized spacial score (nSPS) is 22.6. The molecule has 1 aliphatic carbocycles. The van der Waals surface area contributed by atoms with Gasteiger partial charge in [-0.3, -0.25) is 4.79 Å². The van der Waals surface area contributed by atoms with Crippen LogP contribution in [0.5, 0.6) is 0 Å². The van der Waals surface area contributed by atoms with Crippen molar-refractivity contribution in [2.45, 2.75) is 45.1 Å². The molecule has 0 radical (unpaired) electrons. The average molecular weight is 342 g/mol. The predicted molar refractivity (Wildman–Crippen MR) is 82.2 cm³/mol. The number of halogens is 2. The Bertz CT molecular complexity index is 483. The Hall–Kier alpha value is -0.900. The highest BCUT2D eigenvalue weighted by Crippen LogP contribution is 2.30. The summed E-state index contributed by atoms with van der Waals surface area (Å²) in [5, 5.41) is 0. The summed E-state index contributed by atoms with van der Waals surface area (Å²) in [6.07, 6.45) is 5.59. The number of nitrogens with zero attached hydrogens (tertiary/aromatic N) is 1. The Kier molecular flexibility index (Phi) is 5.19. The SMILES string of the molecule is CCC1CCC(N(C)C(=O)c2cc(Br)ccc2F)CC1. The van der Waals surface area contributed by atoms with E-state index in [1.54, 1.807) is 24.1 Å². The molecule has 0 unspecified atom stereocenters. The van der Waals surface area contributed by atoms with E-state index in [2.05, 4.69) is 22.9 Å². The van der Waals surface area contributed by atoms with Crippen LogP contribution < -0.4 is 0 Å². The number of amides is 1. The van der Waals surface area contributed by atoms with Crippen LogP contribution in [0.2, 0.25) is 0 Å². The van der Waals surface area contributed by atoms with Gasteiger partial charge in [0, 0.05) is 17.6 Å². The largest absolute Gasteiger partial charge is 0.339 e. The molecule has 1 aromatic carbocycles. The van der Waals surface area contributed by atoms with Gasteiger partial charge in [0.1, 0.15) is 5.82 Å². The van der Waals surface area contributed by atoms with Gasteiger partial charge >= 0.3 is 0 Å². The molecule has 0 atom stereocenters. The van der Waals surface area contributed by atoms with E-state index in [-0.39, 0.29) is 17.5 Å². The van der Waals surface area contributed by atoms with Crippen molar-refractivity contribution in [1.82, 2.24) is 4.90 Å². The Labute approximate surface area is 128 Å². The molecule has 1 fully saturated rings. The number of rotatable bonds is 3. The fourth-order valence-electron chi connectivity index (χ4n) is 2.96. The molecule has 0 aromatic heterocycles. The highest BCUT2D eigenvalue weighted by atomic mass is 79.9. The fourth-order valence-corrected chi connectivity index (χ4v) is 3.32. The molecule has 2 rings (SSSR count).